The third-order valence-corrected chi connectivity index (χ3v) is 5.46. The van der Waals surface area contributed by atoms with Crippen molar-refractivity contribution in [1.82, 2.24) is 10.3 Å². The van der Waals surface area contributed by atoms with Gasteiger partial charge in [0, 0.05) is 30.0 Å². The molecule has 0 spiro atoms. The number of hydrogen-bond donors (Lipinski definition) is 1. The molecule has 22 heavy (non-hydrogen) atoms. The summed E-state index contributed by atoms with van der Waals surface area (Å²) in [5.41, 5.74) is 3.74. The first kappa shape index (κ1) is 15.7. The highest BCUT2D eigenvalue weighted by Gasteiger charge is 2.14. The van der Waals surface area contributed by atoms with Crippen LogP contribution in [-0.2, 0) is 6.42 Å². The molecule has 1 aromatic heterocycles. The minimum Gasteiger partial charge on any atom is -0.314 e. The molecule has 1 heterocycles. The monoisotopic (exact) mass is 314 g/mol. The summed E-state index contributed by atoms with van der Waals surface area (Å²) in [5, 5.41) is 7.10. The molecule has 2 nitrogen and oxygen atoms in total. The van der Waals surface area contributed by atoms with Gasteiger partial charge in [0.25, 0.3) is 0 Å². The molecule has 2 aromatic rings. The van der Waals surface area contributed by atoms with Gasteiger partial charge in [-0.2, -0.15) is 0 Å². The third-order valence-electron chi connectivity index (χ3n) is 4.55. The van der Waals surface area contributed by atoms with E-state index in [4.69, 9.17) is 4.98 Å². The minimum atomic E-state index is 0.585. The van der Waals surface area contributed by atoms with Crippen molar-refractivity contribution in [3.8, 4) is 11.3 Å². The Kier molecular flexibility index (Phi) is 5.27. The number of aromatic nitrogens is 1. The maximum Gasteiger partial charge on any atom is 0.0945 e. The van der Waals surface area contributed by atoms with Gasteiger partial charge in [0.15, 0.2) is 0 Å². The lowest BCUT2D eigenvalue weighted by molar-refractivity contribution is 0.527. The summed E-state index contributed by atoms with van der Waals surface area (Å²) in [5.74, 6) is 0.585. The standard InChI is InChI=1S/C19H26N2S/c1-14(2)15-7-9-16(10-8-15)18-13-22-19(21-18)11-12-20-17-5-3-4-6-17/h7-10,13-14,17,20H,3-6,11-12H2,1-2H3. The van der Waals surface area contributed by atoms with Crippen molar-refractivity contribution in [2.75, 3.05) is 6.54 Å². The van der Waals surface area contributed by atoms with Crippen LogP contribution in [0.25, 0.3) is 11.3 Å². The molecule has 1 N–H and O–H groups in total. The van der Waals surface area contributed by atoms with E-state index >= 15 is 0 Å². The summed E-state index contributed by atoms with van der Waals surface area (Å²) in [4.78, 5) is 4.80. The van der Waals surface area contributed by atoms with Gasteiger partial charge in [0.05, 0.1) is 10.7 Å². The quantitative estimate of drug-likeness (QED) is 0.811. The number of nitrogens with one attached hydrogen (secondary N) is 1. The molecule has 0 atom stereocenters. The zero-order chi connectivity index (χ0) is 15.4. The Balaban J connectivity index is 1.55. The maximum atomic E-state index is 4.80. The second-order valence-corrected chi connectivity index (χ2v) is 7.53. The van der Waals surface area contributed by atoms with E-state index < -0.39 is 0 Å². The fraction of sp³-hybridized carbons (Fsp3) is 0.526. The van der Waals surface area contributed by atoms with Crippen LogP contribution in [0.15, 0.2) is 29.6 Å². The zero-order valence-electron chi connectivity index (χ0n) is 13.6. The first-order valence-corrected chi connectivity index (χ1v) is 9.38. The van der Waals surface area contributed by atoms with Crippen molar-refractivity contribution in [3.63, 3.8) is 0 Å². The van der Waals surface area contributed by atoms with Crippen LogP contribution < -0.4 is 5.32 Å². The molecule has 0 aliphatic heterocycles. The summed E-state index contributed by atoms with van der Waals surface area (Å²) in [7, 11) is 0. The lowest BCUT2D eigenvalue weighted by atomic mass is 10.0. The summed E-state index contributed by atoms with van der Waals surface area (Å²) in [6.45, 7) is 5.52. The van der Waals surface area contributed by atoms with E-state index in [9.17, 15) is 0 Å². The summed E-state index contributed by atoms with van der Waals surface area (Å²) in [6.07, 6.45) is 6.54. The lowest BCUT2D eigenvalue weighted by Gasteiger charge is -2.10. The SMILES string of the molecule is CC(C)c1ccc(-c2csc(CCNC3CCCC3)n2)cc1. The number of benzene rings is 1. The highest BCUT2D eigenvalue weighted by molar-refractivity contribution is 7.09. The van der Waals surface area contributed by atoms with E-state index in [1.165, 1.54) is 41.8 Å². The number of nitrogens with zero attached hydrogens (tertiary/aromatic N) is 1. The zero-order valence-corrected chi connectivity index (χ0v) is 14.5. The van der Waals surface area contributed by atoms with Crippen molar-refractivity contribution in [2.24, 2.45) is 0 Å². The van der Waals surface area contributed by atoms with E-state index in [-0.39, 0.29) is 0 Å². The van der Waals surface area contributed by atoms with Gasteiger partial charge in [-0.3, -0.25) is 0 Å². The van der Waals surface area contributed by atoms with Gasteiger partial charge in [0.2, 0.25) is 0 Å². The van der Waals surface area contributed by atoms with Crippen LogP contribution in [0.4, 0.5) is 0 Å². The van der Waals surface area contributed by atoms with Crippen LogP contribution in [0.2, 0.25) is 0 Å². The van der Waals surface area contributed by atoms with Gasteiger partial charge in [0.1, 0.15) is 0 Å². The Labute approximate surface area is 138 Å². The molecule has 0 unspecified atom stereocenters. The molecule has 1 aliphatic carbocycles. The molecule has 0 saturated heterocycles. The summed E-state index contributed by atoms with van der Waals surface area (Å²) >= 11 is 1.79. The number of thiazole rings is 1. The third kappa shape index (κ3) is 3.96. The van der Waals surface area contributed by atoms with Crippen LogP contribution >= 0.6 is 11.3 Å². The molecule has 3 heteroatoms. The summed E-state index contributed by atoms with van der Waals surface area (Å²) in [6, 6.07) is 9.60. The predicted molar refractivity (Wildman–Crippen MR) is 95.6 cm³/mol. The molecular weight excluding hydrogens is 288 g/mol. The Morgan fingerprint density at radius 2 is 1.91 bits per heavy atom. The van der Waals surface area contributed by atoms with Crippen molar-refractivity contribution in [3.05, 3.63) is 40.2 Å². The van der Waals surface area contributed by atoms with Crippen LogP contribution in [0.1, 0.15) is 56.0 Å². The van der Waals surface area contributed by atoms with Crippen LogP contribution in [0.3, 0.4) is 0 Å². The second kappa shape index (κ2) is 7.38. The second-order valence-electron chi connectivity index (χ2n) is 6.59. The molecule has 0 bridgehead atoms. The average Bonchev–Trinajstić information content (AvgIpc) is 3.19. The highest BCUT2D eigenvalue weighted by atomic mass is 32.1. The summed E-state index contributed by atoms with van der Waals surface area (Å²) < 4.78 is 0. The Hall–Kier alpha value is -1.19. The molecule has 0 radical (unpaired) electrons. The average molecular weight is 314 g/mol. The number of hydrogen-bond acceptors (Lipinski definition) is 3. The fourth-order valence-corrected chi connectivity index (χ4v) is 3.92. The van der Waals surface area contributed by atoms with E-state index in [0.29, 0.717) is 5.92 Å². The molecule has 0 amide bonds. The molecule has 1 aliphatic rings. The van der Waals surface area contributed by atoms with Crippen LogP contribution in [0.5, 0.6) is 0 Å². The minimum absolute atomic E-state index is 0.585. The van der Waals surface area contributed by atoms with Crippen molar-refractivity contribution < 1.29 is 0 Å². The topological polar surface area (TPSA) is 24.9 Å². The van der Waals surface area contributed by atoms with Gasteiger partial charge in [-0.15, -0.1) is 11.3 Å². The highest BCUT2D eigenvalue weighted by Crippen LogP contribution is 2.24. The first-order chi connectivity index (χ1) is 10.7. The maximum absolute atomic E-state index is 4.80. The van der Waals surface area contributed by atoms with Crippen LogP contribution in [0, 0.1) is 0 Å². The van der Waals surface area contributed by atoms with Crippen molar-refractivity contribution in [2.45, 2.75) is 57.9 Å². The normalized spacial score (nSPS) is 15.8. The van der Waals surface area contributed by atoms with Gasteiger partial charge < -0.3 is 5.32 Å². The molecule has 3 rings (SSSR count). The molecular formula is C19H26N2S. The van der Waals surface area contributed by atoms with E-state index in [1.54, 1.807) is 11.3 Å². The number of rotatable bonds is 6. The van der Waals surface area contributed by atoms with Gasteiger partial charge >= 0.3 is 0 Å². The van der Waals surface area contributed by atoms with Crippen molar-refractivity contribution >= 4 is 11.3 Å². The molecule has 1 aromatic carbocycles. The Morgan fingerprint density at radius 1 is 1.18 bits per heavy atom. The smallest absolute Gasteiger partial charge is 0.0945 e. The van der Waals surface area contributed by atoms with Crippen molar-refractivity contribution in [1.29, 1.82) is 0 Å². The Morgan fingerprint density at radius 3 is 2.59 bits per heavy atom. The first-order valence-electron chi connectivity index (χ1n) is 8.50. The van der Waals surface area contributed by atoms with Gasteiger partial charge in [-0.25, -0.2) is 4.98 Å². The van der Waals surface area contributed by atoms with E-state index in [2.05, 4.69) is 48.8 Å². The van der Waals surface area contributed by atoms with Gasteiger partial charge in [-0.05, 0) is 24.3 Å². The molecule has 118 valence electrons. The molecule has 1 saturated carbocycles. The predicted octanol–water partition coefficient (Wildman–Crippen LogP) is 5.01. The Bertz CT molecular complexity index is 580. The van der Waals surface area contributed by atoms with E-state index in [0.717, 1.165) is 24.7 Å². The van der Waals surface area contributed by atoms with E-state index in [1.807, 2.05) is 0 Å². The fourth-order valence-electron chi connectivity index (χ4n) is 3.11. The largest absolute Gasteiger partial charge is 0.314 e. The molecule has 1 fully saturated rings. The lowest BCUT2D eigenvalue weighted by Crippen LogP contribution is -2.27. The van der Waals surface area contributed by atoms with Gasteiger partial charge in [-0.1, -0.05) is 51.0 Å². The van der Waals surface area contributed by atoms with Crippen LogP contribution in [-0.4, -0.2) is 17.6 Å².